The zero-order valence-corrected chi connectivity index (χ0v) is 11.2. The molecule has 0 aliphatic heterocycles. The van der Waals surface area contributed by atoms with Gasteiger partial charge in [-0.2, -0.15) is 0 Å². The van der Waals surface area contributed by atoms with Gasteiger partial charge in [0.25, 0.3) is 0 Å². The SMILES string of the molecule is CCOC(=O)c1ccc(NC(=O)ON=C(C)Cl)cc1. The van der Waals surface area contributed by atoms with Gasteiger partial charge in [-0.1, -0.05) is 16.8 Å². The number of carbonyl (C=O) groups excluding carboxylic acids is 2. The number of rotatable bonds is 4. The van der Waals surface area contributed by atoms with E-state index < -0.39 is 12.1 Å². The Labute approximate surface area is 115 Å². The average Bonchev–Trinajstić information content (AvgIpc) is 2.37. The molecule has 0 atom stereocenters. The van der Waals surface area contributed by atoms with Crippen LogP contribution in [0.3, 0.4) is 0 Å². The molecule has 0 radical (unpaired) electrons. The number of esters is 1. The normalized spacial score (nSPS) is 10.8. The molecular weight excluding hydrogens is 272 g/mol. The van der Waals surface area contributed by atoms with Crippen molar-refractivity contribution >= 4 is 34.5 Å². The van der Waals surface area contributed by atoms with Gasteiger partial charge in [-0.05, 0) is 38.1 Å². The van der Waals surface area contributed by atoms with Crippen LogP contribution in [-0.4, -0.2) is 23.8 Å². The molecule has 1 aromatic carbocycles. The van der Waals surface area contributed by atoms with Crippen LogP contribution in [0.1, 0.15) is 24.2 Å². The second-order valence-corrected chi connectivity index (χ2v) is 3.94. The van der Waals surface area contributed by atoms with Crippen LogP contribution in [0.5, 0.6) is 0 Å². The fourth-order valence-electron chi connectivity index (χ4n) is 1.15. The van der Waals surface area contributed by atoms with E-state index in [0.717, 1.165) is 0 Å². The van der Waals surface area contributed by atoms with E-state index in [4.69, 9.17) is 16.3 Å². The molecule has 0 aliphatic rings. The van der Waals surface area contributed by atoms with E-state index in [1.54, 1.807) is 19.1 Å². The van der Waals surface area contributed by atoms with Crippen LogP contribution < -0.4 is 5.32 Å². The van der Waals surface area contributed by atoms with E-state index >= 15 is 0 Å². The summed E-state index contributed by atoms with van der Waals surface area (Å²) in [6.45, 7) is 3.51. The zero-order valence-electron chi connectivity index (χ0n) is 10.5. The third-order valence-electron chi connectivity index (χ3n) is 1.90. The van der Waals surface area contributed by atoms with Gasteiger partial charge >= 0.3 is 12.1 Å². The van der Waals surface area contributed by atoms with Gasteiger partial charge in [-0.15, -0.1) is 0 Å². The quantitative estimate of drug-likeness (QED) is 0.399. The minimum absolute atomic E-state index is 0.104. The highest BCUT2D eigenvalue weighted by atomic mass is 35.5. The van der Waals surface area contributed by atoms with E-state index in [2.05, 4.69) is 15.3 Å². The van der Waals surface area contributed by atoms with Crippen molar-refractivity contribution in [1.29, 1.82) is 0 Å². The molecule has 19 heavy (non-hydrogen) atoms. The van der Waals surface area contributed by atoms with Crippen LogP contribution in [0.2, 0.25) is 0 Å². The lowest BCUT2D eigenvalue weighted by molar-refractivity contribution is 0.0526. The number of hydrogen-bond acceptors (Lipinski definition) is 5. The van der Waals surface area contributed by atoms with Gasteiger partial charge in [0, 0.05) is 5.69 Å². The highest BCUT2D eigenvalue weighted by molar-refractivity contribution is 6.64. The maximum Gasteiger partial charge on any atom is 0.437 e. The standard InChI is InChI=1S/C12H13ClN2O4/c1-3-18-11(16)9-4-6-10(7-5-9)14-12(17)19-15-8(2)13/h4-7H,3H2,1-2H3,(H,14,17). The first-order valence-electron chi connectivity index (χ1n) is 5.48. The summed E-state index contributed by atoms with van der Waals surface area (Å²) in [4.78, 5) is 27.1. The summed E-state index contributed by atoms with van der Waals surface area (Å²) in [7, 11) is 0. The fraction of sp³-hybridized carbons (Fsp3) is 0.250. The van der Waals surface area contributed by atoms with Crippen LogP contribution >= 0.6 is 11.6 Å². The number of halogens is 1. The number of nitrogens with zero attached hydrogens (tertiary/aromatic N) is 1. The Hall–Kier alpha value is -2.08. The second kappa shape index (κ2) is 7.38. The predicted octanol–water partition coefficient (Wildman–Crippen LogP) is 2.98. The van der Waals surface area contributed by atoms with E-state index in [9.17, 15) is 9.59 Å². The number of benzene rings is 1. The number of oxime groups is 1. The molecule has 0 aromatic heterocycles. The summed E-state index contributed by atoms with van der Waals surface area (Å²) >= 11 is 5.40. The highest BCUT2D eigenvalue weighted by Crippen LogP contribution is 2.11. The monoisotopic (exact) mass is 284 g/mol. The number of nitrogens with one attached hydrogen (secondary N) is 1. The molecule has 0 unspecified atom stereocenters. The average molecular weight is 285 g/mol. The molecule has 0 saturated carbocycles. The molecular formula is C12H13ClN2O4. The van der Waals surface area contributed by atoms with Gasteiger partial charge in [-0.25, -0.2) is 9.59 Å². The molecule has 0 spiro atoms. The Morgan fingerprint density at radius 3 is 2.47 bits per heavy atom. The lowest BCUT2D eigenvalue weighted by atomic mass is 10.2. The maximum atomic E-state index is 11.4. The molecule has 102 valence electrons. The predicted molar refractivity (Wildman–Crippen MR) is 71.5 cm³/mol. The van der Waals surface area contributed by atoms with Gasteiger partial charge in [0.2, 0.25) is 0 Å². The molecule has 1 N–H and O–H groups in total. The van der Waals surface area contributed by atoms with E-state index in [-0.39, 0.29) is 5.17 Å². The van der Waals surface area contributed by atoms with E-state index in [1.807, 2.05) is 0 Å². The van der Waals surface area contributed by atoms with E-state index in [0.29, 0.717) is 17.9 Å². The minimum atomic E-state index is -0.774. The largest absolute Gasteiger partial charge is 0.462 e. The van der Waals surface area contributed by atoms with Crippen molar-refractivity contribution in [2.75, 3.05) is 11.9 Å². The number of amides is 1. The molecule has 1 amide bonds. The van der Waals surface area contributed by atoms with Crippen molar-refractivity contribution < 1.29 is 19.2 Å². The first kappa shape index (κ1) is 15.0. The molecule has 0 bridgehead atoms. The number of hydrogen-bond donors (Lipinski definition) is 1. The zero-order chi connectivity index (χ0) is 14.3. The van der Waals surface area contributed by atoms with Gasteiger partial charge < -0.3 is 4.74 Å². The fourth-order valence-corrected chi connectivity index (χ4v) is 1.18. The molecule has 1 rings (SSSR count). The van der Waals surface area contributed by atoms with Crippen molar-refractivity contribution in [2.24, 2.45) is 5.16 Å². The maximum absolute atomic E-state index is 11.4. The summed E-state index contributed by atoms with van der Waals surface area (Å²) in [5, 5.41) is 5.81. The first-order chi connectivity index (χ1) is 9.02. The van der Waals surface area contributed by atoms with Crippen LogP contribution in [0.15, 0.2) is 29.4 Å². The lowest BCUT2D eigenvalue weighted by Crippen LogP contribution is -2.11. The summed E-state index contributed by atoms with van der Waals surface area (Å²) in [6, 6.07) is 6.16. The van der Waals surface area contributed by atoms with Gasteiger partial charge in [0.1, 0.15) is 5.17 Å². The van der Waals surface area contributed by atoms with Crippen molar-refractivity contribution in [3.63, 3.8) is 0 Å². The number of carbonyl (C=O) groups is 2. The third-order valence-corrected chi connectivity index (χ3v) is 1.97. The van der Waals surface area contributed by atoms with Crippen LogP contribution in [0.25, 0.3) is 0 Å². The van der Waals surface area contributed by atoms with E-state index in [1.165, 1.54) is 19.1 Å². The number of ether oxygens (including phenoxy) is 1. The minimum Gasteiger partial charge on any atom is -0.462 e. The Kier molecular flexibility index (Phi) is 5.81. The second-order valence-electron chi connectivity index (χ2n) is 3.39. The van der Waals surface area contributed by atoms with Crippen molar-refractivity contribution in [3.05, 3.63) is 29.8 Å². The Morgan fingerprint density at radius 1 is 1.32 bits per heavy atom. The van der Waals surface area contributed by atoms with Crippen molar-refractivity contribution in [1.82, 2.24) is 0 Å². The van der Waals surface area contributed by atoms with Gasteiger partial charge in [0.15, 0.2) is 0 Å². The first-order valence-corrected chi connectivity index (χ1v) is 5.86. The van der Waals surface area contributed by atoms with Crippen LogP contribution in [0, 0.1) is 0 Å². The van der Waals surface area contributed by atoms with Crippen LogP contribution in [0.4, 0.5) is 10.5 Å². The molecule has 0 heterocycles. The summed E-state index contributed by atoms with van der Waals surface area (Å²) in [5.74, 6) is -0.418. The topological polar surface area (TPSA) is 77.0 Å². The molecule has 7 heteroatoms. The molecule has 0 fully saturated rings. The van der Waals surface area contributed by atoms with Crippen molar-refractivity contribution in [3.8, 4) is 0 Å². The molecule has 0 aliphatic carbocycles. The molecule has 0 saturated heterocycles. The smallest absolute Gasteiger partial charge is 0.437 e. The van der Waals surface area contributed by atoms with Gasteiger partial charge in [-0.3, -0.25) is 10.2 Å². The van der Waals surface area contributed by atoms with Crippen molar-refractivity contribution in [2.45, 2.75) is 13.8 Å². The summed E-state index contributed by atoms with van der Waals surface area (Å²) in [6.07, 6.45) is -0.774. The van der Waals surface area contributed by atoms with Crippen LogP contribution in [-0.2, 0) is 9.57 Å². The third kappa shape index (κ3) is 5.39. The lowest BCUT2D eigenvalue weighted by Gasteiger charge is -2.04. The Balaban J connectivity index is 2.59. The summed E-state index contributed by atoms with van der Waals surface area (Å²) < 4.78 is 4.83. The Morgan fingerprint density at radius 2 is 1.95 bits per heavy atom. The highest BCUT2D eigenvalue weighted by Gasteiger charge is 2.07. The summed E-state index contributed by atoms with van der Waals surface area (Å²) in [5.41, 5.74) is 0.857. The molecule has 1 aromatic rings. The Bertz CT molecular complexity index is 481. The van der Waals surface area contributed by atoms with Gasteiger partial charge in [0.05, 0.1) is 12.2 Å². The number of anilines is 1. The molecule has 6 nitrogen and oxygen atoms in total.